The van der Waals surface area contributed by atoms with Gasteiger partial charge in [-0.15, -0.1) is 0 Å². The summed E-state index contributed by atoms with van der Waals surface area (Å²) in [5.41, 5.74) is 0. The molecule has 1 unspecified atom stereocenters. The van der Waals surface area contributed by atoms with Crippen LogP contribution in [0.4, 0.5) is 0 Å². The molecule has 7 fully saturated rings. The lowest BCUT2D eigenvalue weighted by Crippen LogP contribution is -2.71. The fourth-order valence-electron chi connectivity index (χ4n) is 11.7. The number of aliphatic hydroxyl groups excluding tert-OH is 18. The molecule has 7 heterocycles. The Bertz CT molecular complexity index is 2580. The van der Waals surface area contributed by atoms with Gasteiger partial charge in [0, 0.05) is 27.7 Å². The smallest absolute Gasteiger partial charge is 0.394 e. The van der Waals surface area contributed by atoms with Gasteiger partial charge < -0.3 is 175 Å². The minimum atomic E-state index is -5.15. The van der Waals surface area contributed by atoms with Crippen molar-refractivity contribution in [1.29, 1.82) is 0 Å². The van der Waals surface area contributed by atoms with Crippen molar-refractivity contribution in [2.45, 2.75) is 242 Å². The third-order valence-electron chi connectivity index (χ3n) is 16.3. The first kappa shape index (κ1) is 77.9. The van der Waals surface area contributed by atoms with Crippen LogP contribution in [0.5, 0.6) is 0 Å². The Balaban J connectivity index is 1.08. The van der Waals surface area contributed by atoms with Crippen molar-refractivity contribution in [1.82, 2.24) is 21.3 Å². The molecule has 43 nitrogen and oxygen atoms in total. The van der Waals surface area contributed by atoms with Crippen LogP contribution in [-0.4, -0.2) is 389 Å². The summed E-state index contributed by atoms with van der Waals surface area (Å²) in [5, 5.41) is 206. The lowest BCUT2D eigenvalue weighted by Gasteiger charge is -2.50. The van der Waals surface area contributed by atoms with Crippen LogP contribution in [-0.2, 0) is 95.3 Å². The summed E-state index contributed by atoms with van der Waals surface area (Å²) in [6.45, 7) is -3.34. The van der Waals surface area contributed by atoms with E-state index in [9.17, 15) is 120 Å². The Morgan fingerprint density at radius 2 is 0.649 bits per heavy atom. The van der Waals surface area contributed by atoms with Crippen LogP contribution in [0.15, 0.2) is 0 Å². The minimum absolute atomic E-state index is 0.843. The molecule has 0 aromatic carbocycles. The zero-order valence-corrected chi connectivity index (χ0v) is 51.0. The maximum atomic E-state index is 12.8. The normalized spacial score (nSPS) is 46.3. The van der Waals surface area contributed by atoms with Crippen LogP contribution in [0.1, 0.15) is 27.7 Å². The number of carbonyl (C=O) groups is 4. The Labute approximate surface area is 532 Å². The first-order chi connectivity index (χ1) is 44.2. The predicted octanol–water partition coefficient (Wildman–Crippen LogP) is -15.9. The zero-order chi connectivity index (χ0) is 69.7. The second kappa shape index (κ2) is 33.6. The first-order valence-corrected chi connectivity index (χ1v) is 30.6. The third-order valence-corrected chi connectivity index (χ3v) is 16.8. The minimum Gasteiger partial charge on any atom is -0.394 e. The number of rotatable bonds is 25. The number of hydrogen-bond acceptors (Lipinski definition) is 38. The van der Waals surface area contributed by atoms with Gasteiger partial charge in [0.25, 0.3) is 0 Å². The number of carbonyl (C=O) groups excluding carboxylic acids is 4. The summed E-state index contributed by atoms with van der Waals surface area (Å²) >= 11 is 0. The second-order valence-corrected chi connectivity index (χ2v) is 24.2. The number of nitrogens with one attached hydrogen (secondary N) is 4. The molecule has 94 heavy (non-hydrogen) atoms. The number of amides is 4. The van der Waals surface area contributed by atoms with Gasteiger partial charge in [0.05, 0.1) is 46.2 Å². The third kappa shape index (κ3) is 18.1. The maximum Gasteiger partial charge on any atom is 0.397 e. The summed E-state index contributed by atoms with van der Waals surface area (Å²) in [7, 11) is -5.15. The average Bonchev–Trinajstić information content (AvgIpc) is 0.781. The van der Waals surface area contributed by atoms with E-state index < -0.39 is 295 Å². The SMILES string of the molecule is CC(=O)N[C@H]1[C@H](O[C@H]2[C@@H](O)[C@@H](CO)O[C@@H](O[C@H]3[C@H](O)[C@@H](NC(C)=O)[C@H](OC[C@H]4OC(O)[C@H](NC(C)=O)[C@@H](O[C@@H]5O[C@H](CO)[C@@H](O)[C@H](O[C@@H]6O[C@H](CO)[C@H](O)[C@H](O)[C@H]6O)[C@H]5NC(C)=O)[C@H]4O)O[C@@H]3CO)[C@@H]2O)O[C@H](CO)[C@@H](O[C@@H]2O[C@H](COS(=O)(=O)O)[C@H](O)[C@H](O)[C@H]2O)[C@@H]1O. The summed E-state index contributed by atoms with van der Waals surface area (Å²) in [4.78, 5) is 50.7. The van der Waals surface area contributed by atoms with E-state index in [1.807, 2.05) is 0 Å². The zero-order valence-electron chi connectivity index (χ0n) is 50.2. The Hall–Kier alpha value is -3.49. The van der Waals surface area contributed by atoms with Crippen molar-refractivity contribution in [2.75, 3.05) is 46.2 Å². The monoisotopic (exact) mass is 1400 g/mol. The average molecular weight is 1400 g/mol. The number of aliphatic hydroxyl groups is 18. The molecule has 0 saturated carbocycles. The van der Waals surface area contributed by atoms with Gasteiger partial charge >= 0.3 is 10.4 Å². The van der Waals surface area contributed by atoms with E-state index >= 15 is 0 Å². The Morgan fingerprint density at radius 3 is 1.13 bits per heavy atom. The molecule has 0 aliphatic carbocycles. The van der Waals surface area contributed by atoms with Crippen molar-refractivity contribution in [3.8, 4) is 0 Å². The van der Waals surface area contributed by atoms with E-state index in [1.54, 1.807) is 0 Å². The number of ether oxygens (including phenoxy) is 13. The molecule has 23 N–H and O–H groups in total. The lowest BCUT2D eigenvalue weighted by molar-refractivity contribution is -0.378. The quantitative estimate of drug-likeness (QED) is 0.0377. The van der Waals surface area contributed by atoms with E-state index in [2.05, 4.69) is 25.5 Å². The lowest BCUT2D eigenvalue weighted by atomic mass is 9.93. The molecule has 544 valence electrons. The van der Waals surface area contributed by atoms with Gasteiger partial charge in [-0.1, -0.05) is 0 Å². The van der Waals surface area contributed by atoms with E-state index in [-0.39, 0.29) is 0 Å². The molecular formula is C50H84N4O39S. The highest BCUT2D eigenvalue weighted by Gasteiger charge is 2.59. The van der Waals surface area contributed by atoms with Crippen LogP contribution in [0.25, 0.3) is 0 Å². The molecule has 44 heteroatoms. The van der Waals surface area contributed by atoms with E-state index in [1.165, 1.54) is 0 Å². The largest absolute Gasteiger partial charge is 0.397 e. The molecular weight excluding hydrogens is 1310 g/mol. The highest BCUT2D eigenvalue weighted by atomic mass is 32.3. The fraction of sp³-hybridized carbons (Fsp3) is 0.920. The van der Waals surface area contributed by atoms with Crippen LogP contribution >= 0.6 is 0 Å². The van der Waals surface area contributed by atoms with Gasteiger partial charge in [-0.3, -0.25) is 23.7 Å². The highest BCUT2D eigenvalue weighted by molar-refractivity contribution is 7.80. The Morgan fingerprint density at radius 1 is 0.330 bits per heavy atom. The summed E-state index contributed by atoms with van der Waals surface area (Å²) in [6, 6.07) is -7.15. The fourth-order valence-corrected chi connectivity index (χ4v) is 12.0. The Kier molecular flexibility index (Phi) is 27.8. The first-order valence-electron chi connectivity index (χ1n) is 29.3. The number of hydrogen-bond donors (Lipinski definition) is 23. The van der Waals surface area contributed by atoms with Gasteiger partial charge in [-0.05, 0) is 0 Å². The molecule has 4 amide bonds. The van der Waals surface area contributed by atoms with Gasteiger partial charge in [0.15, 0.2) is 44.0 Å². The molecule has 0 spiro atoms. The van der Waals surface area contributed by atoms with Gasteiger partial charge in [0.2, 0.25) is 23.6 Å². The van der Waals surface area contributed by atoms with Crippen LogP contribution in [0.2, 0.25) is 0 Å². The molecule has 7 aliphatic heterocycles. The molecule has 0 radical (unpaired) electrons. The maximum absolute atomic E-state index is 12.8. The van der Waals surface area contributed by atoms with Crippen molar-refractivity contribution in [3.05, 3.63) is 0 Å². The molecule has 0 aromatic rings. The van der Waals surface area contributed by atoms with Gasteiger partial charge in [-0.25, -0.2) is 4.18 Å². The molecule has 0 bridgehead atoms. The standard InChI is InChI=1S/C50H84N4O39S/c1-12(60)51-23-32(69)39(90-50-38(75)43(30(67)18(7-57)85-50)93-46-24(52-13(2)61)33(70)40(20(9-59)87-46)89-49-37(74)35(72)28(65)22(88-49)11-81-94(77,78)79)19(8-58)86-45(23)80-10-21-31(68)41(25(44(76)82-21)53-14(3)62)91-47-26(54-15(4)63)42(29(66)17(6-56)83-47)92-48-36(73)34(71)27(64)16(5-55)84-48/h16-50,55-59,64-76H,5-11H2,1-4H3,(H,51,60)(H,52,61)(H,53,62)(H,54,63)(H,77,78,79)/t16-,17-,18-,19-,20-,21-,22-,23-,24-,25-,26-,27+,28+,29-,30+,31+,32-,33-,34+,35+,36-,37-,38-,39-,40-,41-,42-,43+,44?,45-,46+,47+,48+,49+,50+/m1/s1. The van der Waals surface area contributed by atoms with Crippen molar-refractivity contribution < 1.29 is 190 Å². The summed E-state index contributed by atoms with van der Waals surface area (Å²) in [5.74, 6) is -3.49. The second-order valence-electron chi connectivity index (χ2n) is 23.1. The van der Waals surface area contributed by atoms with E-state index in [0.29, 0.717) is 0 Å². The van der Waals surface area contributed by atoms with Gasteiger partial charge in [0.1, 0.15) is 171 Å². The predicted molar refractivity (Wildman–Crippen MR) is 289 cm³/mol. The van der Waals surface area contributed by atoms with Gasteiger partial charge in [-0.2, -0.15) is 8.42 Å². The molecule has 0 aromatic heterocycles. The molecule has 7 saturated heterocycles. The molecule has 7 aliphatic rings. The highest BCUT2D eigenvalue weighted by Crippen LogP contribution is 2.37. The molecule has 35 atom stereocenters. The van der Waals surface area contributed by atoms with E-state index in [4.69, 9.17) is 66.1 Å². The molecule has 7 rings (SSSR count). The summed E-state index contributed by atoms with van der Waals surface area (Å²) < 4.78 is 111. The van der Waals surface area contributed by atoms with E-state index in [0.717, 1.165) is 27.7 Å². The van der Waals surface area contributed by atoms with Crippen molar-refractivity contribution in [2.24, 2.45) is 0 Å². The van der Waals surface area contributed by atoms with Crippen LogP contribution in [0, 0.1) is 0 Å². The summed E-state index contributed by atoms with van der Waals surface area (Å²) in [6.07, 6.45) is -61.2. The van der Waals surface area contributed by atoms with Crippen molar-refractivity contribution in [3.63, 3.8) is 0 Å². The van der Waals surface area contributed by atoms with Crippen LogP contribution in [0.3, 0.4) is 0 Å². The van der Waals surface area contributed by atoms with Crippen molar-refractivity contribution >= 4 is 34.0 Å². The van der Waals surface area contributed by atoms with Crippen LogP contribution < -0.4 is 21.3 Å². The topological polar surface area (TPSA) is 664 Å².